The number of esters is 2. The zero-order valence-electron chi connectivity index (χ0n) is 39.8. The van der Waals surface area contributed by atoms with Crippen LogP contribution in [0.25, 0.3) is 0 Å². The second kappa shape index (κ2) is 25.7. The predicted octanol–water partition coefficient (Wildman–Crippen LogP) is 5.16. The first-order valence-electron chi connectivity index (χ1n) is 23.2. The topological polar surface area (TPSA) is 214 Å². The Labute approximate surface area is 407 Å². The minimum atomic E-state index is -1.32. The van der Waals surface area contributed by atoms with Gasteiger partial charge >= 0.3 is 49.7 Å². The number of rotatable bonds is 20. The maximum Gasteiger partial charge on any atom is 2.00 e. The number of aliphatic carboxylic acids is 2. The fourth-order valence-electron chi connectivity index (χ4n) is 9.51. The average Bonchev–Trinajstić information content (AvgIpc) is 3.16. The average molecular weight is 911 g/mol. The van der Waals surface area contributed by atoms with Crippen LogP contribution in [0.4, 0.5) is 0 Å². The summed E-state index contributed by atoms with van der Waals surface area (Å²) in [6.45, 7) is 20.2. The number of carboxylic acids is 2. The van der Waals surface area contributed by atoms with Crippen molar-refractivity contribution in [3.05, 3.63) is 47.6 Å². The molecule has 4 rings (SSSR count). The van der Waals surface area contributed by atoms with Crippen LogP contribution in [0.5, 0.6) is 0 Å². The van der Waals surface area contributed by atoms with E-state index in [2.05, 4.69) is 64.2 Å². The molecule has 0 aromatic heterocycles. The summed E-state index contributed by atoms with van der Waals surface area (Å²) in [7, 11) is 0. The number of allylic oxidation sites excluding steroid dienone is 6. The number of carbonyl (C=O) groups excluding carboxylic acids is 4. The van der Waals surface area contributed by atoms with Crippen LogP contribution in [-0.2, 0) is 28.7 Å². The molecule has 0 saturated heterocycles. The molecule has 13 heteroatoms. The van der Waals surface area contributed by atoms with Gasteiger partial charge in [0.15, 0.2) is 0 Å². The summed E-state index contributed by atoms with van der Waals surface area (Å²) in [6, 6.07) is 0. The van der Waals surface area contributed by atoms with Gasteiger partial charge in [-0.2, -0.15) is 0 Å². The molecule has 14 atom stereocenters. The van der Waals surface area contributed by atoms with E-state index in [1.54, 1.807) is 0 Å². The van der Waals surface area contributed by atoms with E-state index in [1.807, 2.05) is 41.5 Å². The van der Waals surface area contributed by atoms with E-state index in [0.29, 0.717) is 50.4 Å². The van der Waals surface area contributed by atoms with Gasteiger partial charge in [0.05, 0.1) is 35.2 Å². The van der Waals surface area contributed by atoms with Crippen molar-refractivity contribution < 1.29 is 59.3 Å². The normalized spacial score (nSPS) is 29.7. The molecule has 0 spiro atoms. The molecule has 12 nitrogen and oxygen atoms in total. The third-order valence-electron chi connectivity index (χ3n) is 14.1. The Balaban J connectivity index is 0.000000427. The number of fused-ring (bicyclic) bond motifs is 2. The largest absolute Gasteiger partial charge is 2.00 e. The fraction of sp³-hybridized carbons (Fsp3) is 0.760. The van der Waals surface area contributed by atoms with Gasteiger partial charge in [0.2, 0.25) is 0 Å². The minimum Gasteiger partial charge on any atom is -0.550 e. The molecule has 0 bridgehead atoms. The summed E-state index contributed by atoms with van der Waals surface area (Å²) in [5.74, 6) is -1.28. The minimum absolute atomic E-state index is 0. The van der Waals surface area contributed by atoms with E-state index in [-0.39, 0.29) is 110 Å². The first-order chi connectivity index (χ1) is 28.9. The molecule has 352 valence electrons. The fourth-order valence-corrected chi connectivity index (χ4v) is 9.51. The summed E-state index contributed by atoms with van der Waals surface area (Å²) in [5, 5.41) is 61.5. The van der Waals surface area contributed by atoms with Gasteiger partial charge in [-0.15, -0.1) is 0 Å². The van der Waals surface area contributed by atoms with Crippen molar-refractivity contribution >= 4 is 61.6 Å². The summed E-state index contributed by atoms with van der Waals surface area (Å²) in [5.41, 5.74) is 1.34. The van der Waals surface area contributed by atoms with Crippen molar-refractivity contribution in [2.45, 2.75) is 183 Å². The molecule has 0 unspecified atom stereocenters. The van der Waals surface area contributed by atoms with Crippen LogP contribution < -0.4 is 10.2 Å². The smallest absolute Gasteiger partial charge is 0.550 e. The Hall–Kier alpha value is -2.06. The number of carbonyl (C=O) groups is 4. The van der Waals surface area contributed by atoms with Crippen LogP contribution >= 0.6 is 0 Å². The van der Waals surface area contributed by atoms with Gasteiger partial charge in [-0.3, -0.25) is 9.59 Å². The Morgan fingerprint density at radius 2 is 0.968 bits per heavy atom. The molecule has 4 aliphatic rings. The second-order valence-electron chi connectivity index (χ2n) is 20.3. The maximum atomic E-state index is 12.8. The molecule has 0 saturated carbocycles. The molecular formula is C50H78CaO12. The van der Waals surface area contributed by atoms with Crippen molar-refractivity contribution in [1.29, 1.82) is 0 Å². The van der Waals surface area contributed by atoms with Gasteiger partial charge in [0.25, 0.3) is 0 Å². The van der Waals surface area contributed by atoms with Gasteiger partial charge in [-0.1, -0.05) is 78.0 Å². The van der Waals surface area contributed by atoms with E-state index in [4.69, 9.17) is 9.47 Å². The molecule has 0 amide bonds. The van der Waals surface area contributed by atoms with Crippen molar-refractivity contribution in [3.8, 4) is 0 Å². The van der Waals surface area contributed by atoms with E-state index < -0.39 is 60.0 Å². The Morgan fingerprint density at radius 1 is 0.635 bits per heavy atom. The van der Waals surface area contributed by atoms with Gasteiger partial charge in [-0.05, 0) is 139 Å². The summed E-state index contributed by atoms with van der Waals surface area (Å²) in [6.07, 6.45) is 13.3. The molecule has 4 N–H and O–H groups in total. The maximum absolute atomic E-state index is 12.8. The van der Waals surface area contributed by atoms with Crippen molar-refractivity contribution in [1.82, 2.24) is 0 Å². The number of ether oxygens (including phenoxy) is 2. The molecule has 4 aliphatic carbocycles. The summed E-state index contributed by atoms with van der Waals surface area (Å²) in [4.78, 5) is 46.9. The third kappa shape index (κ3) is 17.3. The number of hydrogen-bond acceptors (Lipinski definition) is 12. The Morgan fingerprint density at radius 3 is 1.27 bits per heavy atom. The number of carboxylic acid groups (broad SMARTS) is 2. The number of aliphatic hydroxyl groups excluding tert-OH is 4. The molecule has 0 heterocycles. The van der Waals surface area contributed by atoms with Gasteiger partial charge in [0.1, 0.15) is 12.2 Å². The van der Waals surface area contributed by atoms with E-state index in [9.17, 15) is 49.8 Å². The number of aliphatic hydroxyl groups is 4. The monoisotopic (exact) mass is 911 g/mol. The zero-order valence-corrected chi connectivity index (χ0v) is 42.0. The van der Waals surface area contributed by atoms with E-state index in [1.165, 1.54) is 11.1 Å². The summed E-state index contributed by atoms with van der Waals surface area (Å²) < 4.78 is 12.2. The standard InChI is InChI=1S/2C25H40O6.Ca/c2*1-6-25(4,5)24(30)31-21-12-15(2)11-17-8-7-16(3)20(23(17)21)10-9-18(26)13-19(27)14-22(28)29;/h2*7-8,11,15-16,18-21,23,26-27H,6,9-10,12-14H2,1-5H3,(H,28,29);/q;;+2/p-2/t2*15-,16-,18+,19+,20-,21-,23-;/m00./s1. The van der Waals surface area contributed by atoms with E-state index >= 15 is 0 Å². The molecule has 63 heavy (non-hydrogen) atoms. The van der Waals surface area contributed by atoms with Crippen molar-refractivity contribution in [2.24, 2.45) is 58.2 Å². The SMILES string of the molecule is CCC(C)(C)C(=O)O[C@H]1C[C@@H](C)C=C2C=C[C@H](C)[C@H](CC[C@@H](O)C[C@@H](O)CC(=O)[O-])[C@H]21.CCC(C)(C)C(=O)O[C@H]1C[C@@H](C)C=C2C=C[C@H](C)[C@H](CC[C@@H](O)C[C@@H](O)CC(=O)[O-])[C@H]21.[Ca+2]. The Kier molecular flexibility index (Phi) is 23.3. The first-order valence-corrected chi connectivity index (χ1v) is 23.2. The molecule has 0 fully saturated rings. The van der Waals surface area contributed by atoms with E-state index in [0.717, 1.165) is 12.8 Å². The molecule has 0 radical (unpaired) electrons. The zero-order chi connectivity index (χ0) is 46.7. The molecule has 0 aliphatic heterocycles. The molecular weight excluding hydrogens is 833 g/mol. The molecule has 0 aromatic carbocycles. The Bertz CT molecular complexity index is 1510. The van der Waals surface area contributed by atoms with Crippen LogP contribution in [0.2, 0.25) is 0 Å². The van der Waals surface area contributed by atoms with Crippen LogP contribution in [0.15, 0.2) is 47.6 Å². The first kappa shape index (κ1) is 57.1. The van der Waals surface area contributed by atoms with Gasteiger partial charge < -0.3 is 49.7 Å². The third-order valence-corrected chi connectivity index (χ3v) is 14.1. The van der Waals surface area contributed by atoms with Crippen LogP contribution in [0.3, 0.4) is 0 Å². The quantitative estimate of drug-likeness (QED) is 0.0922. The van der Waals surface area contributed by atoms with Crippen LogP contribution in [0, 0.1) is 58.2 Å². The summed E-state index contributed by atoms with van der Waals surface area (Å²) >= 11 is 0. The van der Waals surface area contributed by atoms with Crippen molar-refractivity contribution in [2.75, 3.05) is 0 Å². The predicted molar refractivity (Wildman–Crippen MR) is 239 cm³/mol. The second-order valence-corrected chi connectivity index (χ2v) is 20.3. The van der Waals surface area contributed by atoms with Gasteiger partial charge in [-0.25, -0.2) is 0 Å². The molecule has 0 aromatic rings. The number of hydrogen-bond donors (Lipinski definition) is 4. The van der Waals surface area contributed by atoms with Gasteiger partial charge in [0, 0.05) is 36.6 Å². The van der Waals surface area contributed by atoms with Crippen LogP contribution in [-0.4, -0.2) is 119 Å². The van der Waals surface area contributed by atoms with Crippen molar-refractivity contribution in [3.63, 3.8) is 0 Å². The van der Waals surface area contributed by atoms with Crippen LogP contribution in [0.1, 0.15) is 146 Å².